The Hall–Kier alpha value is -3.54. The van der Waals surface area contributed by atoms with E-state index >= 15 is 0 Å². The van der Waals surface area contributed by atoms with Crippen molar-refractivity contribution in [3.8, 4) is 5.75 Å². The number of ether oxygens (including phenoxy) is 1. The minimum Gasteiger partial charge on any atom is -0.497 e. The van der Waals surface area contributed by atoms with Crippen LogP contribution in [0.4, 0.5) is 5.82 Å². The van der Waals surface area contributed by atoms with Crippen LogP contribution in [0.2, 0.25) is 0 Å². The summed E-state index contributed by atoms with van der Waals surface area (Å²) in [5, 5.41) is 33.2. The molecule has 26 heavy (non-hydrogen) atoms. The number of aromatic carboxylic acids is 1. The fraction of sp³-hybridized carbons (Fsp3) is 0.286. The molecular weight excluding hydrogens is 344 g/mol. The van der Waals surface area contributed by atoms with Crippen LogP contribution >= 0.6 is 0 Å². The molecule has 0 aliphatic carbocycles. The van der Waals surface area contributed by atoms with Gasteiger partial charge in [0.25, 0.3) is 0 Å². The van der Waals surface area contributed by atoms with E-state index in [0.29, 0.717) is 18.9 Å². The van der Waals surface area contributed by atoms with Crippen molar-refractivity contribution in [2.75, 3.05) is 12.4 Å². The van der Waals surface area contributed by atoms with E-state index in [1.807, 2.05) is 24.3 Å². The Kier molecular flexibility index (Phi) is 5.34. The van der Waals surface area contributed by atoms with Crippen LogP contribution in [0.3, 0.4) is 0 Å². The molecule has 0 saturated carbocycles. The Balaban J connectivity index is 1.53. The number of rotatable bonds is 9. The first kappa shape index (κ1) is 17.3. The van der Waals surface area contributed by atoms with Crippen molar-refractivity contribution in [1.82, 2.24) is 35.8 Å². The highest BCUT2D eigenvalue weighted by Crippen LogP contribution is 2.11. The van der Waals surface area contributed by atoms with Crippen molar-refractivity contribution < 1.29 is 19.3 Å². The minimum atomic E-state index is -1.24. The van der Waals surface area contributed by atoms with Gasteiger partial charge in [0.2, 0.25) is 11.5 Å². The molecule has 1 aromatic carbocycles. The van der Waals surface area contributed by atoms with Gasteiger partial charge in [0.15, 0.2) is 5.82 Å². The summed E-state index contributed by atoms with van der Waals surface area (Å²) < 4.78 is 11.0. The van der Waals surface area contributed by atoms with Gasteiger partial charge in [-0.15, -0.1) is 5.10 Å². The normalized spacial score (nSPS) is 10.7. The van der Waals surface area contributed by atoms with Gasteiger partial charge in [-0.25, -0.2) is 14.1 Å². The molecule has 0 aliphatic heterocycles. The third-order valence-electron chi connectivity index (χ3n) is 3.46. The van der Waals surface area contributed by atoms with E-state index < -0.39 is 5.97 Å². The zero-order valence-corrected chi connectivity index (χ0v) is 13.8. The van der Waals surface area contributed by atoms with Crippen LogP contribution in [-0.2, 0) is 19.8 Å². The highest BCUT2D eigenvalue weighted by molar-refractivity contribution is 5.90. The second-order valence-corrected chi connectivity index (χ2v) is 5.15. The predicted octanol–water partition coefficient (Wildman–Crippen LogP) is 0.122. The number of carboxylic acids is 1. The number of aromatic nitrogens is 6. The van der Waals surface area contributed by atoms with E-state index in [1.54, 1.807) is 7.11 Å². The Bertz CT molecular complexity index is 860. The number of hydrogen-bond donors (Lipinski definition) is 3. The van der Waals surface area contributed by atoms with Crippen LogP contribution in [0.1, 0.15) is 21.9 Å². The minimum absolute atomic E-state index is 0.00476. The van der Waals surface area contributed by atoms with E-state index in [2.05, 4.69) is 41.1 Å². The maximum absolute atomic E-state index is 11.0. The van der Waals surface area contributed by atoms with Crippen molar-refractivity contribution in [3.63, 3.8) is 0 Å². The monoisotopic (exact) mass is 360 g/mol. The molecule has 0 spiro atoms. The van der Waals surface area contributed by atoms with Gasteiger partial charge >= 0.3 is 5.97 Å². The van der Waals surface area contributed by atoms with Gasteiger partial charge in [0.05, 0.1) is 13.7 Å². The molecule has 3 N–H and O–H groups in total. The lowest BCUT2D eigenvalue weighted by Gasteiger charge is -2.07. The van der Waals surface area contributed by atoms with Gasteiger partial charge in [-0.1, -0.05) is 12.1 Å². The van der Waals surface area contributed by atoms with Gasteiger partial charge in [-0.2, -0.15) is 0 Å². The molecule has 0 aliphatic rings. The zero-order chi connectivity index (χ0) is 18.4. The lowest BCUT2D eigenvalue weighted by atomic mass is 10.2. The smallest absolute Gasteiger partial charge is 0.362 e. The summed E-state index contributed by atoms with van der Waals surface area (Å²) >= 11 is 0. The fourth-order valence-electron chi connectivity index (χ4n) is 2.13. The number of carboxylic acid groups (broad SMARTS) is 1. The molecule has 12 nitrogen and oxygen atoms in total. The summed E-state index contributed by atoms with van der Waals surface area (Å²) in [4.78, 5) is 11.0. The Morgan fingerprint density at radius 2 is 2.08 bits per heavy atom. The maximum Gasteiger partial charge on any atom is 0.362 e. The van der Waals surface area contributed by atoms with Crippen molar-refractivity contribution in [2.24, 2.45) is 0 Å². The number of methoxy groups -OCH3 is 1. The number of nitrogens with one attached hydrogen (secondary N) is 2. The summed E-state index contributed by atoms with van der Waals surface area (Å²) in [6.07, 6.45) is 0. The topological polar surface area (TPSA) is 153 Å². The van der Waals surface area contributed by atoms with E-state index in [-0.39, 0.29) is 18.2 Å². The standard InChI is InChI=1S/C14H16N8O4/c1-25-10-4-2-9(3-5-10)6-15-7-11-17-20-21-22(11)8-16-13-12(14(23)24)18-26-19-13/h2-5,15H,6-8H2,1H3,(H,16,19)(H,23,24). The quantitative estimate of drug-likeness (QED) is 0.477. The van der Waals surface area contributed by atoms with E-state index in [4.69, 9.17) is 9.84 Å². The van der Waals surface area contributed by atoms with Crippen molar-refractivity contribution >= 4 is 11.8 Å². The van der Waals surface area contributed by atoms with Crippen LogP contribution in [0.25, 0.3) is 0 Å². The Morgan fingerprint density at radius 1 is 1.27 bits per heavy atom. The molecule has 0 unspecified atom stereocenters. The fourth-order valence-corrected chi connectivity index (χ4v) is 2.13. The second-order valence-electron chi connectivity index (χ2n) is 5.15. The van der Waals surface area contributed by atoms with Gasteiger partial charge < -0.3 is 20.5 Å². The molecule has 0 radical (unpaired) electrons. The zero-order valence-electron chi connectivity index (χ0n) is 13.8. The number of tetrazole rings is 1. The molecule has 12 heteroatoms. The molecule has 136 valence electrons. The van der Waals surface area contributed by atoms with E-state index in [0.717, 1.165) is 11.3 Å². The first-order valence-electron chi connectivity index (χ1n) is 7.56. The first-order chi connectivity index (χ1) is 12.7. The SMILES string of the molecule is COc1ccc(CNCc2nnnn2CNc2nonc2C(=O)O)cc1. The number of anilines is 1. The van der Waals surface area contributed by atoms with E-state index in [9.17, 15) is 4.79 Å². The molecular formula is C14H16N8O4. The largest absolute Gasteiger partial charge is 0.497 e. The predicted molar refractivity (Wildman–Crippen MR) is 86.2 cm³/mol. The maximum atomic E-state index is 11.0. The summed E-state index contributed by atoms with van der Waals surface area (Å²) in [5.74, 6) is 0.128. The molecule has 0 fully saturated rings. The van der Waals surface area contributed by atoms with Gasteiger partial charge in [0, 0.05) is 6.54 Å². The second kappa shape index (κ2) is 8.02. The molecule has 3 rings (SSSR count). The van der Waals surface area contributed by atoms with Gasteiger partial charge in [-0.3, -0.25) is 0 Å². The van der Waals surface area contributed by atoms with Crippen LogP contribution in [-0.4, -0.2) is 48.7 Å². The summed E-state index contributed by atoms with van der Waals surface area (Å²) in [6.45, 7) is 1.16. The molecule has 0 bridgehead atoms. The third-order valence-corrected chi connectivity index (χ3v) is 3.46. The summed E-state index contributed by atoms with van der Waals surface area (Å²) in [6, 6.07) is 7.69. The number of hydrogen-bond acceptors (Lipinski definition) is 10. The number of benzene rings is 1. The van der Waals surface area contributed by atoms with Crippen molar-refractivity contribution in [2.45, 2.75) is 19.8 Å². The molecule has 3 aromatic rings. The van der Waals surface area contributed by atoms with Crippen LogP contribution in [0.5, 0.6) is 5.75 Å². The first-order valence-corrected chi connectivity index (χ1v) is 7.56. The molecule has 0 amide bonds. The number of carbonyl (C=O) groups is 1. The number of nitrogens with zero attached hydrogens (tertiary/aromatic N) is 6. The Labute approximate surface area is 147 Å². The molecule has 0 atom stereocenters. The highest BCUT2D eigenvalue weighted by atomic mass is 16.6. The average molecular weight is 360 g/mol. The van der Waals surface area contributed by atoms with Crippen molar-refractivity contribution in [3.05, 3.63) is 41.3 Å². The highest BCUT2D eigenvalue weighted by Gasteiger charge is 2.17. The molecule has 0 saturated heterocycles. The summed E-state index contributed by atoms with van der Waals surface area (Å²) in [5.41, 5.74) is 0.778. The van der Waals surface area contributed by atoms with E-state index in [1.165, 1.54) is 4.68 Å². The van der Waals surface area contributed by atoms with Crippen LogP contribution in [0.15, 0.2) is 28.9 Å². The lowest BCUT2D eigenvalue weighted by Crippen LogP contribution is -2.20. The summed E-state index contributed by atoms with van der Waals surface area (Å²) in [7, 11) is 1.62. The third kappa shape index (κ3) is 4.10. The molecule has 2 heterocycles. The average Bonchev–Trinajstić information content (AvgIpc) is 3.29. The lowest BCUT2D eigenvalue weighted by molar-refractivity contribution is 0.0685. The molecule has 2 aromatic heterocycles. The Morgan fingerprint density at radius 3 is 2.81 bits per heavy atom. The van der Waals surface area contributed by atoms with Gasteiger partial charge in [0.1, 0.15) is 12.4 Å². The van der Waals surface area contributed by atoms with Gasteiger partial charge in [-0.05, 0) is 38.4 Å². The van der Waals surface area contributed by atoms with Crippen molar-refractivity contribution in [1.29, 1.82) is 0 Å². The van der Waals surface area contributed by atoms with Crippen LogP contribution in [0, 0.1) is 0 Å². The van der Waals surface area contributed by atoms with Crippen LogP contribution < -0.4 is 15.4 Å².